The van der Waals surface area contributed by atoms with Gasteiger partial charge in [-0.05, 0) is 36.4 Å². The minimum absolute atomic E-state index is 0.0629. The van der Waals surface area contributed by atoms with Gasteiger partial charge in [-0.15, -0.1) is 0 Å². The highest BCUT2D eigenvalue weighted by molar-refractivity contribution is 9.10. The van der Waals surface area contributed by atoms with Crippen molar-refractivity contribution in [3.63, 3.8) is 0 Å². The van der Waals surface area contributed by atoms with Crippen LogP contribution in [0, 0.1) is 5.82 Å². The van der Waals surface area contributed by atoms with E-state index in [4.69, 9.17) is 17.3 Å². The Kier molecular flexibility index (Phi) is 3.54. The number of nitrogen functional groups attached to an aromatic ring is 1. The Bertz CT molecular complexity index is 543. The predicted molar refractivity (Wildman–Crippen MR) is 73.2 cm³/mol. The van der Waals surface area contributed by atoms with Crippen LogP contribution in [0.4, 0.5) is 21.5 Å². The zero-order valence-electron chi connectivity index (χ0n) is 8.68. The van der Waals surface area contributed by atoms with Crippen molar-refractivity contribution in [2.45, 2.75) is 0 Å². The van der Waals surface area contributed by atoms with E-state index in [-0.39, 0.29) is 10.7 Å². The standard InChI is InChI=1S/C12H9BrClFN2/c13-7-1-3-8(4-2-7)17-10-6-5-9(15)11(14)12(10)16/h1-6,17H,16H2. The molecule has 5 heteroatoms. The Morgan fingerprint density at radius 1 is 1.12 bits per heavy atom. The maximum Gasteiger partial charge on any atom is 0.144 e. The molecule has 0 saturated heterocycles. The van der Waals surface area contributed by atoms with Crippen LogP contribution < -0.4 is 11.1 Å². The van der Waals surface area contributed by atoms with Gasteiger partial charge in [-0.25, -0.2) is 4.39 Å². The van der Waals surface area contributed by atoms with Gasteiger partial charge in [0, 0.05) is 10.2 Å². The molecule has 2 rings (SSSR count). The van der Waals surface area contributed by atoms with Crippen LogP contribution in [0.2, 0.25) is 5.02 Å². The monoisotopic (exact) mass is 314 g/mol. The van der Waals surface area contributed by atoms with Crippen LogP contribution in [0.15, 0.2) is 40.9 Å². The molecule has 88 valence electrons. The number of benzene rings is 2. The predicted octanol–water partition coefficient (Wildman–Crippen LogP) is 4.57. The van der Waals surface area contributed by atoms with E-state index in [9.17, 15) is 4.39 Å². The minimum Gasteiger partial charge on any atom is -0.396 e. The number of hydrogen-bond acceptors (Lipinski definition) is 2. The van der Waals surface area contributed by atoms with E-state index in [1.54, 1.807) is 6.07 Å². The molecule has 0 unspecified atom stereocenters. The number of anilines is 3. The summed E-state index contributed by atoms with van der Waals surface area (Å²) in [4.78, 5) is 0. The second-order valence-electron chi connectivity index (χ2n) is 3.45. The van der Waals surface area contributed by atoms with Gasteiger partial charge < -0.3 is 11.1 Å². The Hall–Kier alpha value is -1.26. The molecule has 0 bridgehead atoms. The Morgan fingerprint density at radius 2 is 1.76 bits per heavy atom. The first-order chi connectivity index (χ1) is 8.08. The lowest BCUT2D eigenvalue weighted by Gasteiger charge is -2.10. The molecule has 0 saturated carbocycles. The normalized spacial score (nSPS) is 10.3. The number of hydrogen-bond donors (Lipinski definition) is 2. The third-order valence-corrected chi connectivity index (χ3v) is 3.17. The molecule has 0 atom stereocenters. The topological polar surface area (TPSA) is 38.0 Å². The average Bonchev–Trinajstić information content (AvgIpc) is 2.33. The van der Waals surface area contributed by atoms with E-state index >= 15 is 0 Å². The van der Waals surface area contributed by atoms with Gasteiger partial charge in [0.15, 0.2) is 0 Å². The molecule has 0 heterocycles. The molecule has 0 aromatic heterocycles. The first-order valence-electron chi connectivity index (χ1n) is 4.84. The van der Waals surface area contributed by atoms with Crippen molar-refractivity contribution in [3.05, 3.63) is 51.7 Å². The molecule has 0 aliphatic carbocycles. The highest BCUT2D eigenvalue weighted by Crippen LogP contribution is 2.31. The fourth-order valence-corrected chi connectivity index (χ4v) is 1.79. The third-order valence-electron chi connectivity index (χ3n) is 2.26. The van der Waals surface area contributed by atoms with E-state index in [1.165, 1.54) is 6.07 Å². The lowest BCUT2D eigenvalue weighted by molar-refractivity contribution is 0.629. The van der Waals surface area contributed by atoms with Crippen LogP contribution in [0.25, 0.3) is 0 Å². The maximum absolute atomic E-state index is 13.1. The van der Waals surface area contributed by atoms with Gasteiger partial charge in [0.2, 0.25) is 0 Å². The highest BCUT2D eigenvalue weighted by atomic mass is 79.9. The van der Waals surface area contributed by atoms with E-state index in [0.717, 1.165) is 10.2 Å². The van der Waals surface area contributed by atoms with Gasteiger partial charge >= 0.3 is 0 Å². The summed E-state index contributed by atoms with van der Waals surface area (Å²) in [5.41, 5.74) is 7.35. The molecule has 0 radical (unpaired) electrons. The van der Waals surface area contributed by atoms with Crippen molar-refractivity contribution in [3.8, 4) is 0 Å². The van der Waals surface area contributed by atoms with Gasteiger partial charge in [0.05, 0.1) is 11.4 Å². The number of halogens is 3. The quantitative estimate of drug-likeness (QED) is 0.797. The fourth-order valence-electron chi connectivity index (χ4n) is 1.36. The molecular weight excluding hydrogens is 307 g/mol. The summed E-state index contributed by atoms with van der Waals surface area (Å²) in [7, 11) is 0. The molecule has 0 fully saturated rings. The molecule has 0 aliphatic rings. The SMILES string of the molecule is Nc1c(Nc2ccc(Br)cc2)ccc(F)c1Cl. The summed E-state index contributed by atoms with van der Waals surface area (Å²) in [6.07, 6.45) is 0. The lowest BCUT2D eigenvalue weighted by Crippen LogP contribution is -1.98. The second kappa shape index (κ2) is 4.94. The Labute approximate surface area is 112 Å². The van der Waals surface area contributed by atoms with Crippen molar-refractivity contribution in [1.29, 1.82) is 0 Å². The van der Waals surface area contributed by atoms with E-state index in [2.05, 4.69) is 21.2 Å². The maximum atomic E-state index is 13.1. The Morgan fingerprint density at radius 3 is 2.41 bits per heavy atom. The van der Waals surface area contributed by atoms with E-state index in [1.807, 2.05) is 24.3 Å². The molecule has 3 N–H and O–H groups in total. The van der Waals surface area contributed by atoms with E-state index in [0.29, 0.717) is 5.69 Å². The molecule has 0 amide bonds. The first-order valence-corrected chi connectivity index (χ1v) is 6.01. The van der Waals surface area contributed by atoms with Crippen LogP contribution >= 0.6 is 27.5 Å². The fraction of sp³-hybridized carbons (Fsp3) is 0. The summed E-state index contributed by atoms with van der Waals surface area (Å²) in [6.45, 7) is 0. The second-order valence-corrected chi connectivity index (χ2v) is 4.75. The van der Waals surface area contributed by atoms with Gasteiger partial charge in [0.25, 0.3) is 0 Å². The number of rotatable bonds is 2. The van der Waals surface area contributed by atoms with Crippen LogP contribution in [0.1, 0.15) is 0 Å². The zero-order chi connectivity index (χ0) is 12.4. The molecule has 2 aromatic carbocycles. The summed E-state index contributed by atoms with van der Waals surface area (Å²) >= 11 is 9.07. The molecule has 2 nitrogen and oxygen atoms in total. The molecule has 17 heavy (non-hydrogen) atoms. The van der Waals surface area contributed by atoms with Crippen LogP contribution in [-0.4, -0.2) is 0 Å². The summed E-state index contributed by atoms with van der Waals surface area (Å²) in [5, 5.41) is 3.01. The number of nitrogens with two attached hydrogens (primary N) is 1. The largest absolute Gasteiger partial charge is 0.396 e. The molecule has 0 spiro atoms. The van der Waals surface area contributed by atoms with Crippen molar-refractivity contribution in [2.24, 2.45) is 0 Å². The van der Waals surface area contributed by atoms with Gasteiger partial charge in [0.1, 0.15) is 10.8 Å². The van der Waals surface area contributed by atoms with Gasteiger partial charge in [-0.2, -0.15) is 0 Å². The first kappa shape index (κ1) is 12.2. The van der Waals surface area contributed by atoms with Crippen LogP contribution in [-0.2, 0) is 0 Å². The zero-order valence-corrected chi connectivity index (χ0v) is 11.0. The minimum atomic E-state index is -0.523. The summed E-state index contributed by atoms with van der Waals surface area (Å²) in [6, 6.07) is 10.4. The van der Waals surface area contributed by atoms with Crippen molar-refractivity contribution >= 4 is 44.6 Å². The third kappa shape index (κ3) is 2.70. The summed E-state index contributed by atoms with van der Waals surface area (Å²) in [5.74, 6) is -0.523. The molecule has 2 aromatic rings. The van der Waals surface area contributed by atoms with Gasteiger partial charge in [-0.1, -0.05) is 27.5 Å². The highest BCUT2D eigenvalue weighted by Gasteiger charge is 2.08. The van der Waals surface area contributed by atoms with Crippen molar-refractivity contribution < 1.29 is 4.39 Å². The van der Waals surface area contributed by atoms with Crippen molar-refractivity contribution in [2.75, 3.05) is 11.1 Å². The van der Waals surface area contributed by atoms with E-state index < -0.39 is 5.82 Å². The molecular formula is C12H9BrClFN2. The average molecular weight is 316 g/mol. The van der Waals surface area contributed by atoms with Crippen LogP contribution in [0.3, 0.4) is 0 Å². The number of nitrogens with one attached hydrogen (secondary N) is 1. The smallest absolute Gasteiger partial charge is 0.144 e. The molecule has 0 aliphatic heterocycles. The van der Waals surface area contributed by atoms with Crippen molar-refractivity contribution in [1.82, 2.24) is 0 Å². The Balaban J connectivity index is 2.30. The lowest BCUT2D eigenvalue weighted by atomic mass is 10.2. The van der Waals surface area contributed by atoms with Crippen LogP contribution in [0.5, 0.6) is 0 Å². The van der Waals surface area contributed by atoms with Gasteiger partial charge in [-0.3, -0.25) is 0 Å². The summed E-state index contributed by atoms with van der Waals surface area (Å²) < 4.78 is 14.1.